The molecule has 84 valence electrons. The highest BCUT2D eigenvalue weighted by Gasteiger charge is 1.98. The van der Waals surface area contributed by atoms with Crippen LogP contribution in [0.1, 0.15) is 26.3 Å². The van der Waals surface area contributed by atoms with Crippen molar-refractivity contribution in [1.82, 2.24) is 5.32 Å². The second kappa shape index (κ2) is 9.06. The molecule has 0 heterocycles. The van der Waals surface area contributed by atoms with E-state index in [0.717, 1.165) is 5.56 Å². The molecule has 1 amide bonds. The number of carbonyl (C=O) groups excluding carboxylic acids is 1. The van der Waals surface area contributed by atoms with Crippen LogP contribution < -0.4 is 5.32 Å². The van der Waals surface area contributed by atoms with Gasteiger partial charge in [-0.3, -0.25) is 0 Å². The van der Waals surface area contributed by atoms with E-state index in [1.54, 1.807) is 0 Å². The van der Waals surface area contributed by atoms with E-state index in [-0.39, 0.29) is 6.09 Å². The average molecular weight is 209 g/mol. The van der Waals surface area contributed by atoms with Crippen molar-refractivity contribution in [3.05, 3.63) is 35.9 Å². The van der Waals surface area contributed by atoms with Gasteiger partial charge in [-0.2, -0.15) is 0 Å². The first-order valence-corrected chi connectivity index (χ1v) is 5.27. The summed E-state index contributed by atoms with van der Waals surface area (Å²) in [6.07, 6.45) is -0.369. The third-order valence-electron chi connectivity index (χ3n) is 1.53. The van der Waals surface area contributed by atoms with Crippen LogP contribution in [0.3, 0.4) is 0 Å². The quantitative estimate of drug-likeness (QED) is 0.831. The predicted molar refractivity (Wildman–Crippen MR) is 61.7 cm³/mol. The molecule has 1 aromatic carbocycles. The minimum absolute atomic E-state index is 0.326. The fourth-order valence-corrected chi connectivity index (χ4v) is 0.918. The molecule has 0 aliphatic heterocycles. The third-order valence-corrected chi connectivity index (χ3v) is 1.53. The van der Waals surface area contributed by atoms with E-state index < -0.39 is 0 Å². The molecular formula is C12H19NO2. The molecule has 0 fully saturated rings. The van der Waals surface area contributed by atoms with Gasteiger partial charge in [0.25, 0.3) is 0 Å². The van der Waals surface area contributed by atoms with Gasteiger partial charge in [0.05, 0.1) is 0 Å². The van der Waals surface area contributed by atoms with E-state index in [1.807, 2.05) is 51.1 Å². The second-order valence-corrected chi connectivity index (χ2v) is 2.59. The van der Waals surface area contributed by atoms with Gasteiger partial charge < -0.3 is 10.1 Å². The van der Waals surface area contributed by atoms with Crippen molar-refractivity contribution < 1.29 is 9.53 Å². The maximum Gasteiger partial charge on any atom is 0.407 e. The molecule has 0 aromatic heterocycles. The van der Waals surface area contributed by atoms with E-state index in [0.29, 0.717) is 13.2 Å². The minimum atomic E-state index is -0.369. The van der Waals surface area contributed by atoms with Gasteiger partial charge in [-0.15, -0.1) is 0 Å². The predicted octanol–water partition coefficient (Wildman–Crippen LogP) is 2.96. The van der Waals surface area contributed by atoms with E-state index in [1.165, 1.54) is 0 Å². The lowest BCUT2D eigenvalue weighted by Crippen LogP contribution is -2.23. The summed E-state index contributed by atoms with van der Waals surface area (Å²) in [7, 11) is 0. The summed E-state index contributed by atoms with van der Waals surface area (Å²) in [4.78, 5) is 10.9. The van der Waals surface area contributed by atoms with E-state index in [2.05, 4.69) is 5.32 Å². The Kier molecular flexibility index (Phi) is 8.15. The number of benzene rings is 1. The van der Waals surface area contributed by atoms with Gasteiger partial charge in [-0.25, -0.2) is 4.79 Å². The summed E-state index contributed by atoms with van der Waals surface area (Å²) in [6, 6.07) is 9.58. The Morgan fingerprint density at radius 1 is 1.27 bits per heavy atom. The lowest BCUT2D eigenvalue weighted by molar-refractivity contribution is 0.140. The minimum Gasteiger partial charge on any atom is -0.445 e. The summed E-state index contributed by atoms with van der Waals surface area (Å²) in [5, 5.41) is 2.55. The maximum atomic E-state index is 10.9. The van der Waals surface area contributed by atoms with Crippen LogP contribution in [0.2, 0.25) is 0 Å². The molecule has 0 saturated heterocycles. The molecule has 3 heteroatoms. The summed E-state index contributed by atoms with van der Waals surface area (Å²) >= 11 is 0. The van der Waals surface area contributed by atoms with Crippen LogP contribution in [0.4, 0.5) is 4.79 Å². The third kappa shape index (κ3) is 6.55. The summed E-state index contributed by atoms with van der Waals surface area (Å²) in [6.45, 7) is 6.77. The molecule has 0 bridgehead atoms. The second-order valence-electron chi connectivity index (χ2n) is 2.59. The zero-order valence-electron chi connectivity index (χ0n) is 9.62. The van der Waals surface area contributed by atoms with Crippen molar-refractivity contribution in [3.8, 4) is 0 Å². The molecule has 1 aromatic rings. The highest BCUT2D eigenvalue weighted by atomic mass is 16.5. The number of nitrogens with one attached hydrogen (secondary N) is 1. The smallest absolute Gasteiger partial charge is 0.407 e. The Bertz CT molecular complexity index is 260. The van der Waals surface area contributed by atoms with Crippen LogP contribution in [0.5, 0.6) is 0 Å². The Morgan fingerprint density at radius 2 is 1.87 bits per heavy atom. The average Bonchev–Trinajstić information content (AvgIpc) is 2.31. The normalized spacial score (nSPS) is 8.47. The maximum absolute atomic E-state index is 10.9. The van der Waals surface area contributed by atoms with Crippen LogP contribution in [0, 0.1) is 0 Å². The molecule has 0 atom stereocenters. The largest absolute Gasteiger partial charge is 0.445 e. The van der Waals surface area contributed by atoms with Gasteiger partial charge in [0.15, 0.2) is 0 Å². The molecule has 0 spiro atoms. The number of hydrogen-bond donors (Lipinski definition) is 1. The highest BCUT2D eigenvalue weighted by Crippen LogP contribution is 1.99. The van der Waals surface area contributed by atoms with Gasteiger partial charge in [0.1, 0.15) is 6.61 Å². The van der Waals surface area contributed by atoms with Gasteiger partial charge in [0.2, 0.25) is 0 Å². The Balaban J connectivity index is 0.000000921. The number of rotatable bonds is 3. The molecule has 1 rings (SSSR count). The van der Waals surface area contributed by atoms with Crippen LogP contribution in [-0.4, -0.2) is 12.6 Å². The lowest BCUT2D eigenvalue weighted by atomic mass is 10.2. The van der Waals surface area contributed by atoms with Gasteiger partial charge >= 0.3 is 6.09 Å². The first-order valence-electron chi connectivity index (χ1n) is 5.27. The fraction of sp³-hybridized carbons (Fsp3) is 0.417. The van der Waals surface area contributed by atoms with Crippen LogP contribution in [0.15, 0.2) is 30.3 Å². The van der Waals surface area contributed by atoms with E-state index in [4.69, 9.17) is 4.74 Å². The molecule has 1 N–H and O–H groups in total. The Hall–Kier alpha value is -1.51. The van der Waals surface area contributed by atoms with Crippen molar-refractivity contribution in [1.29, 1.82) is 0 Å². The van der Waals surface area contributed by atoms with Crippen LogP contribution in [-0.2, 0) is 11.3 Å². The zero-order chi connectivity index (χ0) is 11.5. The van der Waals surface area contributed by atoms with Gasteiger partial charge in [-0.05, 0) is 12.5 Å². The van der Waals surface area contributed by atoms with Crippen molar-refractivity contribution in [3.63, 3.8) is 0 Å². The Labute approximate surface area is 91.5 Å². The topological polar surface area (TPSA) is 38.3 Å². The molecule has 3 nitrogen and oxygen atoms in total. The highest BCUT2D eigenvalue weighted by molar-refractivity contribution is 5.66. The lowest BCUT2D eigenvalue weighted by Gasteiger charge is -2.04. The zero-order valence-corrected chi connectivity index (χ0v) is 9.62. The molecular weight excluding hydrogens is 190 g/mol. The SMILES string of the molecule is CC.CCNC(=O)OCc1ccccc1. The molecule has 0 aliphatic rings. The number of amides is 1. The number of carbonyl (C=O) groups is 1. The van der Waals surface area contributed by atoms with Gasteiger partial charge in [0, 0.05) is 6.54 Å². The summed E-state index contributed by atoms with van der Waals surface area (Å²) in [5.41, 5.74) is 0.994. The first-order chi connectivity index (χ1) is 7.33. The summed E-state index contributed by atoms with van der Waals surface area (Å²) < 4.78 is 4.92. The van der Waals surface area contributed by atoms with Crippen molar-refractivity contribution in [2.75, 3.05) is 6.54 Å². The molecule has 0 saturated carbocycles. The number of alkyl carbamates (subject to hydrolysis) is 1. The van der Waals surface area contributed by atoms with Crippen molar-refractivity contribution in [2.24, 2.45) is 0 Å². The first kappa shape index (κ1) is 13.5. The van der Waals surface area contributed by atoms with Crippen LogP contribution >= 0.6 is 0 Å². The molecule has 0 unspecified atom stereocenters. The van der Waals surface area contributed by atoms with Crippen LogP contribution in [0.25, 0.3) is 0 Å². The van der Waals surface area contributed by atoms with Crippen molar-refractivity contribution in [2.45, 2.75) is 27.4 Å². The Morgan fingerprint density at radius 3 is 2.40 bits per heavy atom. The fourth-order valence-electron chi connectivity index (χ4n) is 0.918. The molecule has 15 heavy (non-hydrogen) atoms. The summed E-state index contributed by atoms with van der Waals surface area (Å²) in [5.74, 6) is 0. The molecule has 0 radical (unpaired) electrons. The monoisotopic (exact) mass is 209 g/mol. The standard InChI is InChI=1S/C10H13NO2.C2H6/c1-2-11-10(12)13-8-9-6-4-3-5-7-9;1-2/h3-7H,2,8H2,1H3,(H,11,12);1-2H3. The number of ether oxygens (including phenoxy) is 1. The van der Waals surface area contributed by atoms with Gasteiger partial charge in [-0.1, -0.05) is 44.2 Å². The van der Waals surface area contributed by atoms with E-state index in [9.17, 15) is 4.79 Å². The van der Waals surface area contributed by atoms with E-state index >= 15 is 0 Å². The molecule has 0 aliphatic carbocycles. The number of hydrogen-bond acceptors (Lipinski definition) is 2. The van der Waals surface area contributed by atoms with Crippen molar-refractivity contribution >= 4 is 6.09 Å².